The number of nitrogens with zero attached hydrogens (tertiary/aromatic N) is 4. The molecule has 0 aromatic carbocycles. The van der Waals surface area contributed by atoms with E-state index >= 15 is 0 Å². The summed E-state index contributed by atoms with van der Waals surface area (Å²) in [4.78, 5) is 9.00. The predicted molar refractivity (Wildman–Crippen MR) is 83.4 cm³/mol. The van der Waals surface area contributed by atoms with Gasteiger partial charge in [0.1, 0.15) is 0 Å². The Morgan fingerprint density at radius 3 is 2.82 bits per heavy atom. The van der Waals surface area contributed by atoms with Crippen molar-refractivity contribution in [3.63, 3.8) is 0 Å². The Hall–Kier alpha value is -0.980. The summed E-state index contributed by atoms with van der Waals surface area (Å²) < 4.78 is 5.03. The zero-order chi connectivity index (χ0) is 15.6. The van der Waals surface area contributed by atoms with Crippen LogP contribution in [-0.4, -0.2) is 63.4 Å². The van der Waals surface area contributed by atoms with Crippen LogP contribution in [-0.2, 0) is 6.54 Å². The van der Waals surface area contributed by atoms with Crippen molar-refractivity contribution >= 4 is 0 Å². The van der Waals surface area contributed by atoms with E-state index in [0.717, 1.165) is 51.3 Å². The molecule has 1 aromatic rings. The first kappa shape index (κ1) is 15.9. The van der Waals surface area contributed by atoms with Gasteiger partial charge in [-0.25, -0.2) is 0 Å². The molecule has 1 N–H and O–H groups in total. The summed E-state index contributed by atoms with van der Waals surface area (Å²) in [5.74, 6) is 1.38. The van der Waals surface area contributed by atoms with Gasteiger partial charge < -0.3 is 9.63 Å². The molecule has 1 atom stereocenters. The minimum atomic E-state index is -0.448. The van der Waals surface area contributed by atoms with Crippen LogP contribution >= 0.6 is 0 Å². The van der Waals surface area contributed by atoms with Gasteiger partial charge in [-0.15, -0.1) is 0 Å². The lowest BCUT2D eigenvalue weighted by Gasteiger charge is -2.35. The monoisotopic (exact) mass is 308 g/mol. The summed E-state index contributed by atoms with van der Waals surface area (Å²) in [5, 5.41) is 14.7. The van der Waals surface area contributed by atoms with E-state index in [4.69, 9.17) is 4.52 Å². The predicted octanol–water partition coefficient (Wildman–Crippen LogP) is 1.58. The lowest BCUT2D eigenvalue weighted by Crippen LogP contribution is -2.44. The Morgan fingerprint density at radius 1 is 1.36 bits per heavy atom. The zero-order valence-electron chi connectivity index (χ0n) is 13.8. The molecular formula is C16H28N4O2. The van der Waals surface area contributed by atoms with Gasteiger partial charge in [-0.3, -0.25) is 9.80 Å². The van der Waals surface area contributed by atoms with Gasteiger partial charge in [-0.1, -0.05) is 24.4 Å². The van der Waals surface area contributed by atoms with E-state index in [2.05, 4.69) is 27.0 Å². The van der Waals surface area contributed by atoms with Crippen LogP contribution in [0.4, 0.5) is 0 Å². The van der Waals surface area contributed by atoms with Gasteiger partial charge in [0.2, 0.25) is 5.89 Å². The van der Waals surface area contributed by atoms with Crippen LogP contribution in [0, 0.1) is 6.92 Å². The normalized spacial score (nSPS) is 25.9. The van der Waals surface area contributed by atoms with Crippen LogP contribution < -0.4 is 0 Å². The van der Waals surface area contributed by atoms with Crippen molar-refractivity contribution < 1.29 is 9.63 Å². The number of hydrogen-bond acceptors (Lipinski definition) is 6. The average Bonchev–Trinajstić information content (AvgIpc) is 3.08. The summed E-state index contributed by atoms with van der Waals surface area (Å²) in [6, 6.07) is 0.506. The first-order valence-corrected chi connectivity index (χ1v) is 8.48. The highest BCUT2D eigenvalue weighted by atomic mass is 16.5. The van der Waals surface area contributed by atoms with Crippen molar-refractivity contribution in [3.05, 3.63) is 11.7 Å². The molecule has 6 heteroatoms. The molecule has 0 radical (unpaired) electrons. The van der Waals surface area contributed by atoms with Gasteiger partial charge in [0.05, 0.1) is 12.1 Å². The standard InChI is InChI=1S/C16H28N4O2/c1-13-17-15(18-22-13)11-19(2)14-6-9-20(10-14)12-16(21)7-4-3-5-8-16/h14,21H,3-12H2,1-2H3/t14-/m0/s1. The Balaban J connectivity index is 1.49. The molecule has 0 amide bonds. The second-order valence-corrected chi connectivity index (χ2v) is 7.11. The lowest BCUT2D eigenvalue weighted by atomic mass is 9.84. The van der Waals surface area contributed by atoms with E-state index in [1.54, 1.807) is 0 Å². The van der Waals surface area contributed by atoms with Crippen molar-refractivity contribution in [2.75, 3.05) is 26.7 Å². The molecular weight excluding hydrogens is 280 g/mol. The van der Waals surface area contributed by atoms with Crippen LogP contribution in [0.1, 0.15) is 50.2 Å². The van der Waals surface area contributed by atoms with E-state index in [-0.39, 0.29) is 0 Å². The minimum absolute atomic E-state index is 0.448. The largest absolute Gasteiger partial charge is 0.389 e. The summed E-state index contributed by atoms with van der Waals surface area (Å²) >= 11 is 0. The number of β-amino-alcohol motifs (C(OH)–C–C–N with tert-alkyl or cyclic N) is 1. The number of aliphatic hydroxyl groups is 1. The van der Waals surface area contributed by atoms with E-state index in [0.29, 0.717) is 11.9 Å². The van der Waals surface area contributed by atoms with Crippen LogP contribution in [0.15, 0.2) is 4.52 Å². The van der Waals surface area contributed by atoms with Crippen LogP contribution in [0.3, 0.4) is 0 Å². The fourth-order valence-corrected chi connectivity index (χ4v) is 3.86. The Labute approximate surface area is 132 Å². The fraction of sp³-hybridized carbons (Fsp3) is 0.875. The maximum Gasteiger partial charge on any atom is 0.223 e. The second-order valence-electron chi connectivity index (χ2n) is 7.11. The summed E-state index contributed by atoms with van der Waals surface area (Å²) in [5.41, 5.74) is -0.448. The molecule has 1 aliphatic carbocycles. The molecule has 1 saturated heterocycles. The molecule has 1 aliphatic heterocycles. The van der Waals surface area contributed by atoms with E-state index < -0.39 is 5.60 Å². The van der Waals surface area contributed by atoms with Crippen LogP contribution in [0.25, 0.3) is 0 Å². The maximum atomic E-state index is 10.7. The topological polar surface area (TPSA) is 65.6 Å². The van der Waals surface area contributed by atoms with Gasteiger partial charge in [0, 0.05) is 26.1 Å². The fourth-order valence-electron chi connectivity index (χ4n) is 3.86. The first-order valence-electron chi connectivity index (χ1n) is 8.48. The summed E-state index contributed by atoms with van der Waals surface area (Å²) in [6.07, 6.45) is 6.69. The molecule has 22 heavy (non-hydrogen) atoms. The highest BCUT2D eigenvalue weighted by Crippen LogP contribution is 2.30. The Bertz CT molecular complexity index is 484. The summed E-state index contributed by atoms with van der Waals surface area (Å²) in [6.45, 7) is 5.47. The minimum Gasteiger partial charge on any atom is -0.389 e. The molecule has 2 fully saturated rings. The zero-order valence-corrected chi connectivity index (χ0v) is 13.8. The van der Waals surface area contributed by atoms with Crippen LogP contribution in [0.5, 0.6) is 0 Å². The molecule has 2 aliphatic rings. The van der Waals surface area contributed by atoms with Gasteiger partial charge in [-0.2, -0.15) is 4.98 Å². The van der Waals surface area contributed by atoms with Gasteiger partial charge >= 0.3 is 0 Å². The van der Waals surface area contributed by atoms with E-state index in [1.165, 1.54) is 19.3 Å². The molecule has 0 spiro atoms. The number of likely N-dealkylation sites (tertiary alicyclic amines) is 1. The number of aryl methyl sites for hydroxylation is 1. The smallest absolute Gasteiger partial charge is 0.223 e. The van der Waals surface area contributed by atoms with Gasteiger partial charge in [-0.05, 0) is 32.9 Å². The number of likely N-dealkylation sites (N-methyl/N-ethyl adjacent to an activating group) is 1. The lowest BCUT2D eigenvalue weighted by molar-refractivity contribution is -0.0225. The highest BCUT2D eigenvalue weighted by molar-refractivity contribution is 4.92. The molecule has 1 aromatic heterocycles. The Kier molecular flexibility index (Phi) is 4.80. The number of rotatable bonds is 5. The Morgan fingerprint density at radius 2 is 2.14 bits per heavy atom. The number of hydrogen-bond donors (Lipinski definition) is 1. The van der Waals surface area contributed by atoms with Crippen molar-refractivity contribution in [3.8, 4) is 0 Å². The molecule has 3 rings (SSSR count). The van der Waals surface area contributed by atoms with Crippen molar-refractivity contribution in [2.24, 2.45) is 0 Å². The molecule has 2 heterocycles. The second kappa shape index (κ2) is 6.64. The molecule has 0 bridgehead atoms. The SMILES string of the molecule is Cc1nc(CN(C)[C@H]2CCN(CC3(O)CCCCC3)C2)no1. The quantitative estimate of drug-likeness (QED) is 0.891. The highest BCUT2D eigenvalue weighted by Gasteiger charge is 2.35. The molecule has 6 nitrogen and oxygen atoms in total. The molecule has 1 saturated carbocycles. The third-order valence-corrected chi connectivity index (χ3v) is 5.13. The summed E-state index contributed by atoms with van der Waals surface area (Å²) in [7, 11) is 2.12. The van der Waals surface area contributed by atoms with Crippen molar-refractivity contribution in [2.45, 2.75) is 63.6 Å². The number of aromatic nitrogens is 2. The first-order chi connectivity index (χ1) is 10.5. The van der Waals surface area contributed by atoms with Gasteiger partial charge in [0.15, 0.2) is 5.82 Å². The third kappa shape index (κ3) is 3.86. The van der Waals surface area contributed by atoms with Crippen LogP contribution in [0.2, 0.25) is 0 Å². The third-order valence-electron chi connectivity index (χ3n) is 5.13. The van der Waals surface area contributed by atoms with E-state index in [1.807, 2.05) is 6.92 Å². The maximum absolute atomic E-state index is 10.7. The average molecular weight is 308 g/mol. The van der Waals surface area contributed by atoms with Crippen molar-refractivity contribution in [1.82, 2.24) is 19.9 Å². The molecule has 0 unspecified atom stereocenters. The van der Waals surface area contributed by atoms with E-state index in [9.17, 15) is 5.11 Å². The van der Waals surface area contributed by atoms with Gasteiger partial charge in [0.25, 0.3) is 0 Å². The molecule has 124 valence electrons. The van der Waals surface area contributed by atoms with Crippen molar-refractivity contribution in [1.29, 1.82) is 0 Å².